The van der Waals surface area contributed by atoms with E-state index in [0.29, 0.717) is 17.1 Å². The number of aromatic nitrogens is 3. The Morgan fingerprint density at radius 1 is 1.19 bits per heavy atom. The molecule has 1 aromatic carbocycles. The maximum Gasteiger partial charge on any atom is 0.253 e. The Bertz CT molecular complexity index is 907. The largest absolute Gasteiger partial charge is 0.338 e. The number of carbonyl (C=O) groups is 1. The quantitative estimate of drug-likeness (QED) is 0.687. The predicted octanol–water partition coefficient (Wildman–Crippen LogP) is 4.00. The Kier molecular flexibility index (Phi) is 5.21. The van der Waals surface area contributed by atoms with Crippen molar-refractivity contribution in [3.05, 3.63) is 83.2 Å². The van der Waals surface area contributed by atoms with Gasteiger partial charge >= 0.3 is 0 Å². The highest BCUT2D eigenvalue weighted by Crippen LogP contribution is 2.27. The van der Waals surface area contributed by atoms with Gasteiger partial charge in [-0.2, -0.15) is 0 Å². The van der Waals surface area contributed by atoms with Crippen molar-refractivity contribution in [1.82, 2.24) is 19.4 Å². The highest BCUT2D eigenvalue weighted by molar-refractivity contribution is 6.30. The van der Waals surface area contributed by atoms with Crippen LogP contribution in [0.3, 0.4) is 0 Å². The lowest BCUT2D eigenvalue weighted by atomic mass is 9.96. The van der Waals surface area contributed by atoms with Crippen molar-refractivity contribution in [3.8, 4) is 0 Å². The number of halogens is 1. The highest BCUT2D eigenvalue weighted by atomic mass is 35.5. The lowest BCUT2D eigenvalue weighted by Gasteiger charge is -2.32. The lowest BCUT2D eigenvalue weighted by Crippen LogP contribution is -2.39. The van der Waals surface area contributed by atoms with E-state index in [-0.39, 0.29) is 11.8 Å². The monoisotopic (exact) mass is 380 g/mol. The summed E-state index contributed by atoms with van der Waals surface area (Å²) in [5, 5.41) is 0.639. The first-order valence-corrected chi connectivity index (χ1v) is 9.53. The number of piperidine rings is 1. The fourth-order valence-corrected chi connectivity index (χ4v) is 3.78. The van der Waals surface area contributed by atoms with Crippen LogP contribution in [0.4, 0.5) is 0 Å². The molecule has 0 aliphatic carbocycles. The van der Waals surface area contributed by atoms with Crippen LogP contribution < -0.4 is 0 Å². The molecule has 1 amide bonds. The Morgan fingerprint density at radius 3 is 2.81 bits per heavy atom. The van der Waals surface area contributed by atoms with E-state index in [1.807, 2.05) is 29.6 Å². The highest BCUT2D eigenvalue weighted by Gasteiger charge is 2.28. The zero-order valence-electron chi connectivity index (χ0n) is 15.0. The Morgan fingerprint density at radius 2 is 2.04 bits per heavy atom. The number of hydrogen-bond acceptors (Lipinski definition) is 3. The molecule has 0 N–H and O–H groups in total. The molecule has 6 heteroatoms. The van der Waals surface area contributed by atoms with Gasteiger partial charge in [0.25, 0.3) is 5.91 Å². The van der Waals surface area contributed by atoms with E-state index in [0.717, 1.165) is 37.3 Å². The van der Waals surface area contributed by atoms with Gasteiger partial charge in [0.2, 0.25) is 0 Å². The summed E-state index contributed by atoms with van der Waals surface area (Å²) in [5.41, 5.74) is 1.82. The summed E-state index contributed by atoms with van der Waals surface area (Å²) in [4.78, 5) is 23.6. The third-order valence-electron chi connectivity index (χ3n) is 4.99. The van der Waals surface area contributed by atoms with Crippen LogP contribution in [0, 0.1) is 0 Å². The van der Waals surface area contributed by atoms with Gasteiger partial charge < -0.3 is 9.47 Å². The molecule has 0 spiro atoms. The molecule has 1 saturated heterocycles. The molecular weight excluding hydrogens is 360 g/mol. The van der Waals surface area contributed by atoms with E-state index in [1.165, 1.54) is 0 Å². The first kappa shape index (κ1) is 17.7. The molecule has 27 heavy (non-hydrogen) atoms. The third-order valence-corrected chi connectivity index (χ3v) is 5.24. The molecule has 0 bridgehead atoms. The Labute approximate surface area is 163 Å². The van der Waals surface area contributed by atoms with Crippen molar-refractivity contribution in [2.75, 3.05) is 13.1 Å². The average molecular weight is 381 g/mol. The van der Waals surface area contributed by atoms with Gasteiger partial charge in [-0.1, -0.05) is 17.7 Å². The molecule has 3 aromatic rings. The normalized spacial score (nSPS) is 17.1. The fourth-order valence-electron chi connectivity index (χ4n) is 3.65. The van der Waals surface area contributed by atoms with Gasteiger partial charge in [0.15, 0.2) is 0 Å². The number of rotatable bonds is 4. The second kappa shape index (κ2) is 7.92. The number of hydrogen-bond donors (Lipinski definition) is 0. The van der Waals surface area contributed by atoms with Gasteiger partial charge in [-0.05, 0) is 48.7 Å². The van der Waals surface area contributed by atoms with Crippen LogP contribution in [0.25, 0.3) is 0 Å². The molecule has 1 atom stereocenters. The zero-order chi connectivity index (χ0) is 18.6. The molecule has 0 unspecified atom stereocenters. The summed E-state index contributed by atoms with van der Waals surface area (Å²) in [6.45, 7) is 2.21. The number of imidazole rings is 1. The number of nitrogens with zero attached hydrogens (tertiary/aromatic N) is 4. The van der Waals surface area contributed by atoms with Gasteiger partial charge in [0.1, 0.15) is 5.82 Å². The van der Waals surface area contributed by atoms with Crippen molar-refractivity contribution in [2.24, 2.45) is 0 Å². The van der Waals surface area contributed by atoms with Crippen LogP contribution >= 0.6 is 11.6 Å². The van der Waals surface area contributed by atoms with Crippen LogP contribution in [0.1, 0.15) is 40.5 Å². The van der Waals surface area contributed by atoms with Crippen molar-refractivity contribution < 1.29 is 4.79 Å². The Hall–Kier alpha value is -2.66. The van der Waals surface area contributed by atoms with Crippen LogP contribution in [-0.4, -0.2) is 38.4 Å². The molecule has 1 aliphatic heterocycles. The van der Waals surface area contributed by atoms with Crippen LogP contribution in [0.2, 0.25) is 5.02 Å². The number of amides is 1. The molecular formula is C21H21ClN4O. The van der Waals surface area contributed by atoms with Gasteiger partial charge in [0.05, 0.1) is 6.54 Å². The van der Waals surface area contributed by atoms with E-state index in [9.17, 15) is 4.79 Å². The molecule has 1 fully saturated rings. The van der Waals surface area contributed by atoms with Gasteiger partial charge in [-0.15, -0.1) is 0 Å². The smallest absolute Gasteiger partial charge is 0.253 e. The molecule has 4 rings (SSSR count). The van der Waals surface area contributed by atoms with Gasteiger partial charge in [-0.25, -0.2) is 4.98 Å². The van der Waals surface area contributed by atoms with E-state index in [1.54, 1.807) is 30.5 Å². The minimum atomic E-state index is 0.0572. The summed E-state index contributed by atoms with van der Waals surface area (Å²) in [6, 6.07) is 11.1. The second-order valence-corrected chi connectivity index (χ2v) is 7.31. The molecule has 5 nitrogen and oxygen atoms in total. The lowest BCUT2D eigenvalue weighted by molar-refractivity contribution is 0.0703. The minimum absolute atomic E-state index is 0.0572. The standard InChI is InChI=1S/C21H21ClN4O/c22-19-7-5-17(6-8-19)21(27)26-11-2-4-18(15-26)20-24-10-12-25(20)14-16-3-1-9-23-13-16/h1,3,5-10,12-13,18H,2,4,11,14-15H2/t18-/m1/s1. The summed E-state index contributed by atoms with van der Waals surface area (Å²) in [5.74, 6) is 1.33. The molecule has 138 valence electrons. The van der Waals surface area contributed by atoms with Gasteiger partial charge in [0, 0.05) is 54.4 Å². The molecule has 0 radical (unpaired) electrons. The molecule has 0 saturated carbocycles. The van der Waals surface area contributed by atoms with E-state index in [2.05, 4.69) is 20.6 Å². The first-order chi connectivity index (χ1) is 13.2. The number of likely N-dealkylation sites (tertiary alicyclic amines) is 1. The fraction of sp³-hybridized carbons (Fsp3) is 0.286. The maximum atomic E-state index is 12.8. The van der Waals surface area contributed by atoms with E-state index >= 15 is 0 Å². The number of carbonyl (C=O) groups excluding carboxylic acids is 1. The predicted molar refractivity (Wildman–Crippen MR) is 105 cm³/mol. The van der Waals surface area contributed by atoms with E-state index in [4.69, 9.17) is 11.6 Å². The third kappa shape index (κ3) is 4.03. The summed E-state index contributed by atoms with van der Waals surface area (Å²) < 4.78 is 2.16. The number of benzene rings is 1. The minimum Gasteiger partial charge on any atom is -0.338 e. The van der Waals surface area contributed by atoms with Crippen LogP contribution in [0.15, 0.2) is 61.2 Å². The van der Waals surface area contributed by atoms with Crippen LogP contribution in [-0.2, 0) is 6.54 Å². The van der Waals surface area contributed by atoms with Crippen LogP contribution in [0.5, 0.6) is 0 Å². The summed E-state index contributed by atoms with van der Waals surface area (Å²) in [6.07, 6.45) is 9.51. The van der Waals surface area contributed by atoms with Crippen molar-refractivity contribution >= 4 is 17.5 Å². The van der Waals surface area contributed by atoms with Gasteiger partial charge in [-0.3, -0.25) is 9.78 Å². The summed E-state index contributed by atoms with van der Waals surface area (Å²) >= 11 is 5.94. The number of pyridine rings is 1. The molecule has 2 aromatic heterocycles. The maximum absolute atomic E-state index is 12.8. The molecule has 3 heterocycles. The average Bonchev–Trinajstić information content (AvgIpc) is 3.17. The van der Waals surface area contributed by atoms with Crippen molar-refractivity contribution in [2.45, 2.75) is 25.3 Å². The first-order valence-electron chi connectivity index (χ1n) is 9.15. The van der Waals surface area contributed by atoms with Crippen molar-refractivity contribution in [1.29, 1.82) is 0 Å². The topological polar surface area (TPSA) is 51.0 Å². The zero-order valence-corrected chi connectivity index (χ0v) is 15.7. The molecule has 1 aliphatic rings. The van der Waals surface area contributed by atoms with Crippen molar-refractivity contribution in [3.63, 3.8) is 0 Å². The second-order valence-electron chi connectivity index (χ2n) is 6.87. The van der Waals surface area contributed by atoms with E-state index < -0.39 is 0 Å². The SMILES string of the molecule is O=C(c1ccc(Cl)cc1)N1CCC[C@@H](c2nccn2Cc2cccnc2)C1. The Balaban J connectivity index is 1.50. The summed E-state index contributed by atoms with van der Waals surface area (Å²) in [7, 11) is 0.